The van der Waals surface area contributed by atoms with E-state index >= 15 is 0 Å². The lowest BCUT2D eigenvalue weighted by molar-refractivity contribution is 0.0546. The quantitative estimate of drug-likeness (QED) is 0.539. The van der Waals surface area contributed by atoms with Crippen molar-refractivity contribution in [3.05, 3.63) is 59.9 Å². The minimum atomic E-state index is 0.0660. The largest absolute Gasteiger partial charge is 0.497 e. The van der Waals surface area contributed by atoms with Crippen molar-refractivity contribution in [2.45, 2.75) is 45.6 Å². The zero-order valence-corrected chi connectivity index (χ0v) is 20.3. The summed E-state index contributed by atoms with van der Waals surface area (Å²) in [7, 11) is 1.72. The van der Waals surface area contributed by atoms with E-state index in [0.29, 0.717) is 18.2 Å². The van der Waals surface area contributed by atoms with Crippen molar-refractivity contribution < 1.29 is 9.53 Å². The Morgan fingerprint density at radius 2 is 2.00 bits per heavy atom. The molecule has 1 amide bonds. The lowest BCUT2D eigenvalue weighted by atomic mass is 9.88. The van der Waals surface area contributed by atoms with Gasteiger partial charge in [0.05, 0.1) is 18.1 Å². The third kappa shape index (κ3) is 5.38. The molecule has 1 aliphatic heterocycles. The average molecular weight is 449 g/mol. The topological polar surface area (TPSA) is 61.5 Å². The minimum absolute atomic E-state index is 0.0660. The molecule has 176 valence electrons. The molecule has 3 heterocycles. The normalized spacial score (nSPS) is 15.6. The number of aromatic nitrogens is 2. The van der Waals surface area contributed by atoms with Crippen molar-refractivity contribution in [3.63, 3.8) is 0 Å². The number of benzene rings is 1. The van der Waals surface area contributed by atoms with Crippen molar-refractivity contribution >= 4 is 16.9 Å². The van der Waals surface area contributed by atoms with Crippen LogP contribution in [0.2, 0.25) is 0 Å². The van der Waals surface area contributed by atoms with E-state index in [0.717, 1.165) is 55.7 Å². The Morgan fingerprint density at radius 1 is 1.21 bits per heavy atom. The summed E-state index contributed by atoms with van der Waals surface area (Å²) in [5, 5.41) is 0. The van der Waals surface area contributed by atoms with Gasteiger partial charge in [-0.05, 0) is 94.9 Å². The number of likely N-dealkylation sites (tertiary alicyclic amines) is 1. The van der Waals surface area contributed by atoms with Gasteiger partial charge < -0.3 is 14.6 Å². The maximum Gasteiger partial charge on any atom is 0.270 e. The number of ether oxygens (including phenoxy) is 1. The highest BCUT2D eigenvalue weighted by atomic mass is 16.5. The first kappa shape index (κ1) is 23.3. The predicted molar refractivity (Wildman–Crippen MR) is 133 cm³/mol. The Kier molecular flexibility index (Phi) is 7.03. The maximum atomic E-state index is 13.1. The molecule has 0 unspecified atom stereocenters. The number of piperidine rings is 1. The molecule has 0 spiro atoms. The lowest BCUT2D eigenvalue weighted by Crippen LogP contribution is -2.50. The molecule has 1 N–H and O–H groups in total. The zero-order valence-electron chi connectivity index (χ0n) is 20.3. The standard InChI is InChI=1S/C27H36N4O2/c1-5-30(26(32)25-17-24-23(29-25)10-7-13-28-24)19-20-11-14-31(15-12-20)27(2,3)18-21-8-6-9-22(16-21)33-4/h6-10,13,16-17,20,29H,5,11-12,14-15,18-19H2,1-4H3. The molecule has 4 rings (SSSR count). The highest BCUT2D eigenvalue weighted by Crippen LogP contribution is 2.29. The molecule has 0 atom stereocenters. The van der Waals surface area contributed by atoms with Gasteiger partial charge in [-0.25, -0.2) is 0 Å². The number of rotatable bonds is 8. The van der Waals surface area contributed by atoms with Gasteiger partial charge in [0.1, 0.15) is 11.4 Å². The van der Waals surface area contributed by atoms with Gasteiger partial charge in [0, 0.05) is 24.8 Å². The molecule has 0 saturated carbocycles. The van der Waals surface area contributed by atoms with Crippen LogP contribution in [-0.2, 0) is 6.42 Å². The molecule has 1 aromatic carbocycles. The van der Waals surface area contributed by atoms with Crippen LogP contribution in [0.4, 0.5) is 0 Å². The number of carbonyl (C=O) groups is 1. The summed E-state index contributed by atoms with van der Waals surface area (Å²) < 4.78 is 5.39. The number of fused-ring (bicyclic) bond motifs is 1. The number of aromatic amines is 1. The van der Waals surface area contributed by atoms with E-state index in [9.17, 15) is 4.79 Å². The molecule has 0 aliphatic carbocycles. The molecular formula is C27H36N4O2. The number of methoxy groups -OCH3 is 1. The molecule has 6 heteroatoms. The number of H-pyrrole nitrogens is 1. The van der Waals surface area contributed by atoms with E-state index in [4.69, 9.17) is 4.74 Å². The Morgan fingerprint density at radius 3 is 2.70 bits per heavy atom. The summed E-state index contributed by atoms with van der Waals surface area (Å²) in [6.07, 6.45) is 4.97. The molecule has 6 nitrogen and oxygen atoms in total. The van der Waals surface area contributed by atoms with Crippen molar-refractivity contribution in [2.24, 2.45) is 5.92 Å². The third-order valence-corrected chi connectivity index (χ3v) is 7.01. The van der Waals surface area contributed by atoms with Crippen molar-refractivity contribution in [3.8, 4) is 5.75 Å². The fourth-order valence-corrected chi connectivity index (χ4v) is 5.02. The summed E-state index contributed by atoms with van der Waals surface area (Å²) in [6.45, 7) is 10.4. The van der Waals surface area contributed by atoms with Crippen LogP contribution < -0.4 is 4.74 Å². The van der Waals surface area contributed by atoms with Crippen molar-refractivity contribution in [1.82, 2.24) is 19.8 Å². The van der Waals surface area contributed by atoms with Crippen LogP contribution in [0.1, 0.15) is 49.7 Å². The van der Waals surface area contributed by atoms with Gasteiger partial charge in [0.15, 0.2) is 0 Å². The van der Waals surface area contributed by atoms with E-state index in [1.54, 1.807) is 13.3 Å². The second kappa shape index (κ2) is 9.96. The van der Waals surface area contributed by atoms with E-state index < -0.39 is 0 Å². The SMILES string of the molecule is CCN(CC1CCN(C(C)(C)Cc2cccc(OC)c2)CC1)C(=O)c1cc2ncccc2[nH]1. The van der Waals surface area contributed by atoms with Gasteiger partial charge in [-0.3, -0.25) is 14.7 Å². The molecule has 1 fully saturated rings. The maximum absolute atomic E-state index is 13.1. The smallest absolute Gasteiger partial charge is 0.270 e. The highest BCUT2D eigenvalue weighted by Gasteiger charge is 2.32. The summed E-state index contributed by atoms with van der Waals surface area (Å²) in [4.78, 5) is 25.3. The van der Waals surface area contributed by atoms with Gasteiger partial charge in [-0.2, -0.15) is 0 Å². The van der Waals surface area contributed by atoms with Crippen LogP contribution in [0.5, 0.6) is 5.75 Å². The van der Waals surface area contributed by atoms with Crippen LogP contribution >= 0.6 is 0 Å². The first-order valence-electron chi connectivity index (χ1n) is 12.0. The second-order valence-electron chi connectivity index (χ2n) is 9.73. The molecular weight excluding hydrogens is 412 g/mol. The van der Waals surface area contributed by atoms with Gasteiger partial charge >= 0.3 is 0 Å². The number of nitrogens with one attached hydrogen (secondary N) is 1. The van der Waals surface area contributed by atoms with E-state index in [2.05, 4.69) is 53.8 Å². The first-order chi connectivity index (χ1) is 15.9. The highest BCUT2D eigenvalue weighted by molar-refractivity contribution is 5.97. The van der Waals surface area contributed by atoms with Gasteiger partial charge in [0.25, 0.3) is 5.91 Å². The minimum Gasteiger partial charge on any atom is -0.497 e. The fourth-order valence-electron chi connectivity index (χ4n) is 5.02. The Hall–Kier alpha value is -2.86. The molecule has 2 aromatic heterocycles. The monoisotopic (exact) mass is 448 g/mol. The first-order valence-corrected chi connectivity index (χ1v) is 12.0. The number of amides is 1. The van der Waals surface area contributed by atoms with Crippen molar-refractivity contribution in [1.29, 1.82) is 0 Å². The molecule has 0 radical (unpaired) electrons. The predicted octanol–water partition coefficient (Wildman–Crippen LogP) is 4.77. The van der Waals surface area contributed by atoms with E-state index in [1.807, 2.05) is 29.2 Å². The number of nitrogens with zero attached hydrogens (tertiary/aromatic N) is 3. The van der Waals surface area contributed by atoms with Gasteiger partial charge in [-0.15, -0.1) is 0 Å². The number of hydrogen-bond donors (Lipinski definition) is 1. The zero-order chi connectivity index (χ0) is 23.4. The Labute approximate surface area is 196 Å². The van der Waals surface area contributed by atoms with Crippen molar-refractivity contribution in [2.75, 3.05) is 33.3 Å². The fraction of sp³-hybridized carbons (Fsp3) is 0.481. The molecule has 33 heavy (non-hydrogen) atoms. The van der Waals surface area contributed by atoms with Crippen LogP contribution in [0.15, 0.2) is 48.7 Å². The second-order valence-corrected chi connectivity index (χ2v) is 9.73. The number of pyridine rings is 1. The molecule has 1 saturated heterocycles. The number of hydrogen-bond acceptors (Lipinski definition) is 4. The molecule has 1 aliphatic rings. The van der Waals surface area contributed by atoms with Crippen LogP contribution in [0.3, 0.4) is 0 Å². The summed E-state index contributed by atoms with van der Waals surface area (Å²) in [6, 6.07) is 14.1. The van der Waals surface area contributed by atoms with Gasteiger partial charge in [-0.1, -0.05) is 12.1 Å². The lowest BCUT2D eigenvalue weighted by Gasteiger charge is -2.44. The molecule has 3 aromatic rings. The average Bonchev–Trinajstić information content (AvgIpc) is 3.26. The van der Waals surface area contributed by atoms with Crippen LogP contribution in [-0.4, -0.2) is 64.5 Å². The van der Waals surface area contributed by atoms with E-state index in [-0.39, 0.29) is 11.4 Å². The summed E-state index contributed by atoms with van der Waals surface area (Å²) in [5.41, 5.74) is 3.75. The Bertz CT molecular complexity index is 1050. The molecule has 0 bridgehead atoms. The van der Waals surface area contributed by atoms with Crippen LogP contribution in [0, 0.1) is 5.92 Å². The summed E-state index contributed by atoms with van der Waals surface area (Å²) in [5.74, 6) is 1.51. The third-order valence-electron chi connectivity index (χ3n) is 7.01. The van der Waals surface area contributed by atoms with Crippen LogP contribution in [0.25, 0.3) is 11.0 Å². The van der Waals surface area contributed by atoms with Gasteiger partial charge in [0.2, 0.25) is 0 Å². The number of carbonyl (C=O) groups excluding carboxylic acids is 1. The summed E-state index contributed by atoms with van der Waals surface area (Å²) >= 11 is 0. The Balaban J connectivity index is 1.34. The van der Waals surface area contributed by atoms with E-state index in [1.165, 1.54) is 5.56 Å².